The summed E-state index contributed by atoms with van der Waals surface area (Å²) in [6, 6.07) is 2.64. The number of benzene rings is 1. The minimum atomic E-state index is -1.19. The third kappa shape index (κ3) is 6.20. The highest BCUT2D eigenvalue weighted by Crippen LogP contribution is 2.28. The van der Waals surface area contributed by atoms with Crippen LogP contribution in [0.15, 0.2) is 18.2 Å². The zero-order valence-electron chi connectivity index (χ0n) is 15.0. The van der Waals surface area contributed by atoms with Crippen LogP contribution in [0, 0.1) is 11.0 Å². The number of imide groups is 1. The molecule has 0 fully saturated rings. The van der Waals surface area contributed by atoms with Gasteiger partial charge in [0.1, 0.15) is 17.0 Å². The van der Waals surface area contributed by atoms with Crippen molar-refractivity contribution in [3.63, 3.8) is 0 Å². The largest absolute Gasteiger partial charge is 0.733 e. The van der Waals surface area contributed by atoms with E-state index in [1.807, 2.05) is 0 Å². The van der Waals surface area contributed by atoms with Gasteiger partial charge < -0.3 is 19.9 Å². The molecule has 140 valence electrons. The fourth-order valence-electron chi connectivity index (χ4n) is 1.68. The average molecular weight is 357 g/mol. The van der Waals surface area contributed by atoms with Crippen LogP contribution in [0.4, 0.5) is 25.4 Å². The molecule has 9 heteroatoms. The number of hydrogen-bond donors (Lipinski definition) is 1. The molecule has 25 heavy (non-hydrogen) atoms. The minimum Gasteiger partial charge on any atom is -0.733 e. The lowest BCUT2D eigenvalue weighted by Gasteiger charge is -2.29. The topological polar surface area (TPSA) is 102 Å². The van der Waals surface area contributed by atoms with E-state index < -0.39 is 40.1 Å². The number of nitrogens with zero attached hydrogens (tertiary/aromatic N) is 2. The normalized spacial score (nSPS) is 11.7. The molecule has 0 aliphatic rings. The first kappa shape index (κ1) is 20.7. The van der Waals surface area contributed by atoms with Gasteiger partial charge in [0.15, 0.2) is 0 Å². The van der Waals surface area contributed by atoms with E-state index in [0.29, 0.717) is 4.90 Å². The van der Waals surface area contributed by atoms with Gasteiger partial charge in [-0.15, -0.1) is 0 Å². The number of carbonyl (C=O) groups excluding carboxylic acids is 2. The number of rotatable bonds is 2. The van der Waals surface area contributed by atoms with Crippen LogP contribution in [-0.2, 0) is 9.47 Å². The Kier molecular flexibility index (Phi) is 5.98. The van der Waals surface area contributed by atoms with Crippen LogP contribution in [-0.4, -0.2) is 28.6 Å². The predicted octanol–water partition coefficient (Wildman–Crippen LogP) is 4.20. The van der Waals surface area contributed by atoms with E-state index in [-0.39, 0.29) is 5.69 Å². The van der Waals surface area contributed by atoms with Crippen molar-refractivity contribution in [2.75, 3.05) is 10.1 Å². The molecule has 0 spiro atoms. The van der Waals surface area contributed by atoms with Gasteiger partial charge in [0.25, 0.3) is 0 Å². The molecule has 0 aliphatic heterocycles. The van der Waals surface area contributed by atoms with E-state index in [9.17, 15) is 19.2 Å². The van der Waals surface area contributed by atoms with E-state index in [1.165, 1.54) is 0 Å². The third-order valence-corrected chi connectivity index (χ3v) is 2.54. The summed E-state index contributed by atoms with van der Waals surface area (Å²) in [5, 5.41) is 19.5. The maximum atomic E-state index is 14.2. The van der Waals surface area contributed by atoms with Crippen LogP contribution >= 0.6 is 0 Å². The van der Waals surface area contributed by atoms with E-state index in [0.717, 1.165) is 18.2 Å². The Morgan fingerprint density at radius 2 is 1.48 bits per heavy atom. The molecule has 1 aromatic carbocycles. The van der Waals surface area contributed by atoms with Gasteiger partial charge in [0.2, 0.25) is 0 Å². The van der Waals surface area contributed by atoms with Gasteiger partial charge in [0, 0.05) is 0 Å². The number of carbonyl (C=O) groups is 2. The van der Waals surface area contributed by atoms with Gasteiger partial charge in [0.05, 0.1) is 11.4 Å². The van der Waals surface area contributed by atoms with Crippen molar-refractivity contribution in [2.24, 2.45) is 0 Å². The molecule has 8 nitrogen and oxygen atoms in total. The van der Waals surface area contributed by atoms with Crippen molar-refractivity contribution >= 4 is 23.6 Å². The first-order valence-corrected chi connectivity index (χ1v) is 7.43. The van der Waals surface area contributed by atoms with Crippen LogP contribution in [0.1, 0.15) is 41.5 Å². The summed E-state index contributed by atoms with van der Waals surface area (Å²) in [4.78, 5) is 25.1. The molecule has 1 N–H and O–H groups in total. The van der Waals surface area contributed by atoms with Gasteiger partial charge >= 0.3 is 12.2 Å². The molecule has 1 rings (SSSR count). The number of anilines is 2. The maximum absolute atomic E-state index is 14.2. The molecule has 0 aromatic heterocycles. The zero-order valence-corrected chi connectivity index (χ0v) is 15.0. The monoisotopic (exact) mass is 357 g/mol. The molecule has 0 radical (unpaired) electrons. The summed E-state index contributed by atoms with van der Waals surface area (Å²) in [6.45, 7) is 9.41. The molecule has 0 aliphatic carbocycles. The van der Waals surface area contributed by atoms with E-state index in [1.54, 1.807) is 41.5 Å². The molecule has 0 atom stereocenters. The Bertz CT molecular complexity index is 621. The first-order chi connectivity index (χ1) is 11.2. The van der Waals surface area contributed by atoms with Gasteiger partial charge in [-0.25, -0.2) is 14.0 Å². The van der Waals surface area contributed by atoms with E-state index in [4.69, 9.17) is 14.7 Å². The molecule has 2 amide bonds. The third-order valence-electron chi connectivity index (χ3n) is 2.54. The number of ether oxygens (including phenoxy) is 2. The summed E-state index contributed by atoms with van der Waals surface area (Å²) < 4.78 is 24.4. The standard InChI is InChI=1S/C16H22FN2O6/c1-15(2,3)24-13(20)18(14(21)25-16(4,5)6)12-9-10(19(22)23)7-8-11(12)17/h7-9,22H,1-6H3/q-1. The second-order valence-corrected chi connectivity index (χ2v) is 7.20. The highest BCUT2D eigenvalue weighted by Gasteiger charge is 2.34. The Hall–Kier alpha value is -2.39. The molecule has 1 aromatic rings. The van der Waals surface area contributed by atoms with Crippen molar-refractivity contribution in [1.29, 1.82) is 0 Å². The molecule has 0 unspecified atom stereocenters. The van der Waals surface area contributed by atoms with Crippen LogP contribution in [0.3, 0.4) is 0 Å². The van der Waals surface area contributed by atoms with Crippen LogP contribution < -0.4 is 10.1 Å². The Balaban J connectivity index is 3.38. The van der Waals surface area contributed by atoms with E-state index >= 15 is 0 Å². The fraction of sp³-hybridized carbons (Fsp3) is 0.500. The molecular formula is C16H22FN2O6-. The van der Waals surface area contributed by atoms with Crippen LogP contribution in [0.5, 0.6) is 0 Å². The summed E-state index contributed by atoms with van der Waals surface area (Å²) in [6.07, 6.45) is -2.37. The SMILES string of the molecule is CC(C)(C)OC(=O)N(C(=O)OC(C)(C)C)c1cc(N([O-])O)ccc1F. The van der Waals surface area contributed by atoms with Gasteiger partial charge in [-0.3, -0.25) is 5.21 Å². The lowest BCUT2D eigenvalue weighted by molar-refractivity contribution is 0.0429. The predicted molar refractivity (Wildman–Crippen MR) is 89.0 cm³/mol. The summed E-state index contributed by atoms with van der Waals surface area (Å²) in [7, 11) is 0. The van der Waals surface area contributed by atoms with Crippen LogP contribution in [0.2, 0.25) is 0 Å². The fourth-order valence-corrected chi connectivity index (χ4v) is 1.68. The van der Waals surface area contributed by atoms with Crippen molar-refractivity contribution in [3.05, 3.63) is 29.2 Å². The van der Waals surface area contributed by atoms with Crippen molar-refractivity contribution in [1.82, 2.24) is 0 Å². The smallest absolute Gasteiger partial charge is 0.424 e. The quantitative estimate of drug-likeness (QED) is 0.791. The van der Waals surface area contributed by atoms with Gasteiger partial charge in [-0.1, -0.05) is 0 Å². The summed E-state index contributed by atoms with van der Waals surface area (Å²) >= 11 is 0. The molecule has 0 saturated carbocycles. The number of halogens is 1. The molecule has 0 bridgehead atoms. The first-order valence-electron chi connectivity index (χ1n) is 7.43. The average Bonchev–Trinajstić information content (AvgIpc) is 2.36. The second-order valence-electron chi connectivity index (χ2n) is 7.20. The lowest BCUT2D eigenvalue weighted by atomic mass is 10.2. The second kappa shape index (κ2) is 7.24. The molecule has 0 heterocycles. The van der Waals surface area contributed by atoms with Crippen molar-refractivity contribution < 1.29 is 28.7 Å². The highest BCUT2D eigenvalue weighted by molar-refractivity contribution is 6.09. The Morgan fingerprint density at radius 3 is 1.84 bits per heavy atom. The Morgan fingerprint density at radius 1 is 1.04 bits per heavy atom. The summed E-state index contributed by atoms with van der Waals surface area (Å²) in [5.74, 6) is -0.984. The highest BCUT2D eigenvalue weighted by atomic mass is 19.1. The van der Waals surface area contributed by atoms with Gasteiger partial charge in [-0.05, 0) is 59.7 Å². The zero-order chi connectivity index (χ0) is 19.6. The molecule has 0 saturated heterocycles. The minimum absolute atomic E-state index is 0.332. The Labute approximate surface area is 145 Å². The lowest BCUT2D eigenvalue weighted by Crippen LogP contribution is -2.44. The maximum Gasteiger partial charge on any atom is 0.424 e. The summed E-state index contributed by atoms with van der Waals surface area (Å²) in [5.41, 5.74) is -2.90. The van der Waals surface area contributed by atoms with Gasteiger partial charge in [-0.2, -0.15) is 4.90 Å². The number of amides is 2. The molecular weight excluding hydrogens is 335 g/mol. The van der Waals surface area contributed by atoms with Crippen molar-refractivity contribution in [2.45, 2.75) is 52.7 Å². The number of hydrogen-bond acceptors (Lipinski definition) is 7. The van der Waals surface area contributed by atoms with Crippen molar-refractivity contribution in [3.8, 4) is 0 Å². The van der Waals surface area contributed by atoms with E-state index in [2.05, 4.69) is 0 Å². The van der Waals surface area contributed by atoms with Crippen LogP contribution in [0.25, 0.3) is 0 Å².